The number of halogens is 2. The number of aliphatic carboxylic acids is 1. The second-order valence-electron chi connectivity index (χ2n) is 6.24. The summed E-state index contributed by atoms with van der Waals surface area (Å²) in [6.45, 7) is 5.09. The van der Waals surface area contributed by atoms with Crippen molar-refractivity contribution in [3.63, 3.8) is 0 Å². The number of likely N-dealkylation sites (tertiary alicyclic amines) is 1. The molecule has 0 radical (unpaired) electrons. The van der Waals surface area contributed by atoms with Crippen molar-refractivity contribution in [2.24, 2.45) is 5.92 Å². The quantitative estimate of drug-likeness (QED) is 0.904. The number of rotatable bonds is 5. The van der Waals surface area contributed by atoms with Crippen LogP contribution in [0.5, 0.6) is 0 Å². The van der Waals surface area contributed by atoms with Gasteiger partial charge in [-0.1, -0.05) is 19.0 Å². The first kappa shape index (κ1) is 16.9. The molecule has 124 valence electrons. The molecule has 0 amide bonds. The Labute approximate surface area is 128 Å². The standard InChI is InChI=1S/C15H22F2N2O3/c1-10(2)13-8-12(22-18-13)9-19-5-3-11(7-14(20)21)15(16,17)4-6-19/h8,10-11H,3-7,9H2,1-2H3,(H,20,21). The minimum atomic E-state index is -2.93. The van der Waals surface area contributed by atoms with Crippen LogP contribution in [-0.2, 0) is 11.3 Å². The SMILES string of the molecule is CC(C)c1cc(CN2CCC(CC(=O)O)C(F)(F)CC2)on1. The molecule has 0 aromatic carbocycles. The predicted molar refractivity (Wildman–Crippen MR) is 75.8 cm³/mol. The molecule has 1 aliphatic rings. The zero-order valence-electron chi connectivity index (χ0n) is 12.9. The Morgan fingerprint density at radius 2 is 2.27 bits per heavy atom. The summed E-state index contributed by atoms with van der Waals surface area (Å²) in [6, 6.07) is 1.85. The molecule has 1 unspecified atom stereocenters. The van der Waals surface area contributed by atoms with Crippen LogP contribution in [0.25, 0.3) is 0 Å². The molecule has 2 rings (SSSR count). The van der Waals surface area contributed by atoms with Crippen molar-refractivity contribution >= 4 is 5.97 Å². The topological polar surface area (TPSA) is 66.6 Å². The molecule has 22 heavy (non-hydrogen) atoms. The minimum absolute atomic E-state index is 0.171. The molecule has 1 atom stereocenters. The first-order valence-corrected chi connectivity index (χ1v) is 7.55. The maximum atomic E-state index is 14.0. The Balaban J connectivity index is 1.98. The van der Waals surface area contributed by atoms with Gasteiger partial charge in [-0.05, 0) is 18.9 Å². The van der Waals surface area contributed by atoms with Crippen LogP contribution in [0, 0.1) is 5.92 Å². The van der Waals surface area contributed by atoms with Gasteiger partial charge in [-0.2, -0.15) is 0 Å². The van der Waals surface area contributed by atoms with Gasteiger partial charge >= 0.3 is 5.97 Å². The predicted octanol–water partition coefficient (Wildman–Crippen LogP) is 3.12. The highest BCUT2D eigenvalue weighted by atomic mass is 19.3. The number of carbonyl (C=O) groups is 1. The van der Waals surface area contributed by atoms with Crippen molar-refractivity contribution in [2.45, 2.75) is 51.5 Å². The van der Waals surface area contributed by atoms with Gasteiger partial charge in [0.2, 0.25) is 0 Å². The zero-order valence-corrected chi connectivity index (χ0v) is 12.9. The lowest BCUT2D eigenvalue weighted by Crippen LogP contribution is -2.30. The third kappa shape index (κ3) is 4.25. The lowest BCUT2D eigenvalue weighted by molar-refractivity contribution is -0.143. The fraction of sp³-hybridized carbons (Fsp3) is 0.733. The van der Waals surface area contributed by atoms with E-state index in [1.165, 1.54) is 0 Å². The van der Waals surface area contributed by atoms with E-state index in [4.69, 9.17) is 9.63 Å². The van der Waals surface area contributed by atoms with Crippen molar-refractivity contribution in [3.05, 3.63) is 17.5 Å². The first-order valence-electron chi connectivity index (χ1n) is 7.55. The summed E-state index contributed by atoms with van der Waals surface area (Å²) < 4.78 is 33.2. The van der Waals surface area contributed by atoms with Gasteiger partial charge in [0, 0.05) is 24.9 Å². The molecule has 1 aliphatic heterocycles. The number of carboxylic acids is 1. The molecular weight excluding hydrogens is 294 g/mol. The summed E-state index contributed by atoms with van der Waals surface area (Å²) in [6.07, 6.45) is -0.638. The van der Waals surface area contributed by atoms with Gasteiger partial charge in [0.25, 0.3) is 5.92 Å². The molecule has 5 nitrogen and oxygen atoms in total. The molecule has 1 saturated heterocycles. The highest BCUT2D eigenvalue weighted by Crippen LogP contribution is 2.36. The van der Waals surface area contributed by atoms with Crippen LogP contribution >= 0.6 is 0 Å². The van der Waals surface area contributed by atoms with Crippen molar-refractivity contribution in [1.82, 2.24) is 10.1 Å². The highest BCUT2D eigenvalue weighted by molar-refractivity contribution is 5.67. The molecule has 1 fully saturated rings. The zero-order chi connectivity index (χ0) is 16.3. The van der Waals surface area contributed by atoms with Crippen LogP contribution in [0.4, 0.5) is 8.78 Å². The van der Waals surface area contributed by atoms with Gasteiger partial charge in [-0.25, -0.2) is 8.78 Å². The van der Waals surface area contributed by atoms with Gasteiger partial charge in [0.1, 0.15) is 0 Å². The number of nitrogens with zero attached hydrogens (tertiary/aromatic N) is 2. The Hall–Kier alpha value is -1.50. The fourth-order valence-corrected chi connectivity index (χ4v) is 2.69. The van der Waals surface area contributed by atoms with Crippen LogP contribution in [0.2, 0.25) is 0 Å². The molecular formula is C15H22F2N2O3. The lowest BCUT2D eigenvalue weighted by atomic mass is 9.93. The van der Waals surface area contributed by atoms with Crippen LogP contribution < -0.4 is 0 Å². The summed E-state index contributed by atoms with van der Waals surface area (Å²) in [5.74, 6) is -4.29. The lowest BCUT2D eigenvalue weighted by Gasteiger charge is -2.22. The van der Waals surface area contributed by atoms with Crippen LogP contribution in [0.15, 0.2) is 10.6 Å². The number of alkyl halides is 2. The second kappa shape index (κ2) is 6.73. The van der Waals surface area contributed by atoms with Crippen molar-refractivity contribution in [1.29, 1.82) is 0 Å². The van der Waals surface area contributed by atoms with E-state index in [0.717, 1.165) is 5.69 Å². The Morgan fingerprint density at radius 1 is 1.55 bits per heavy atom. The van der Waals surface area contributed by atoms with Crippen LogP contribution in [-0.4, -0.2) is 40.1 Å². The van der Waals surface area contributed by atoms with Gasteiger partial charge < -0.3 is 9.63 Å². The smallest absolute Gasteiger partial charge is 0.303 e. The molecule has 1 N–H and O–H groups in total. The van der Waals surface area contributed by atoms with Gasteiger partial charge in [0.05, 0.1) is 18.7 Å². The number of hydrogen-bond acceptors (Lipinski definition) is 4. The minimum Gasteiger partial charge on any atom is -0.481 e. The first-order chi connectivity index (χ1) is 10.3. The van der Waals surface area contributed by atoms with Crippen LogP contribution in [0.1, 0.15) is 50.5 Å². The van der Waals surface area contributed by atoms with Crippen molar-refractivity contribution < 1.29 is 23.2 Å². The summed E-state index contributed by atoms with van der Waals surface area (Å²) in [5, 5.41) is 12.7. The number of aromatic nitrogens is 1. The second-order valence-corrected chi connectivity index (χ2v) is 6.24. The largest absolute Gasteiger partial charge is 0.481 e. The number of hydrogen-bond donors (Lipinski definition) is 1. The van der Waals surface area contributed by atoms with Gasteiger partial charge in [0.15, 0.2) is 5.76 Å². The molecule has 7 heteroatoms. The fourth-order valence-electron chi connectivity index (χ4n) is 2.69. The molecule has 0 aliphatic carbocycles. The van der Waals surface area contributed by atoms with E-state index in [1.54, 1.807) is 0 Å². The molecule has 1 aromatic heterocycles. The molecule has 1 aromatic rings. The van der Waals surface area contributed by atoms with E-state index in [1.807, 2.05) is 24.8 Å². The summed E-state index contributed by atoms with van der Waals surface area (Å²) in [5.41, 5.74) is 0.846. The average Bonchev–Trinajstić information content (AvgIpc) is 2.83. The Bertz CT molecular complexity index is 517. The summed E-state index contributed by atoms with van der Waals surface area (Å²) >= 11 is 0. The van der Waals surface area contributed by atoms with E-state index in [2.05, 4.69) is 5.16 Å². The Morgan fingerprint density at radius 3 is 2.86 bits per heavy atom. The maximum Gasteiger partial charge on any atom is 0.303 e. The Kier molecular flexibility index (Phi) is 5.16. The van der Waals surface area contributed by atoms with E-state index in [-0.39, 0.29) is 25.3 Å². The number of carboxylic acid groups (broad SMARTS) is 1. The molecule has 0 bridgehead atoms. The molecule has 2 heterocycles. The van der Waals surface area contributed by atoms with E-state index in [9.17, 15) is 13.6 Å². The maximum absolute atomic E-state index is 14.0. The average molecular weight is 316 g/mol. The normalized spacial score (nSPS) is 22.7. The summed E-state index contributed by atoms with van der Waals surface area (Å²) in [7, 11) is 0. The van der Waals surface area contributed by atoms with Gasteiger partial charge in [-0.15, -0.1) is 0 Å². The van der Waals surface area contributed by atoms with E-state index >= 15 is 0 Å². The summed E-state index contributed by atoms with van der Waals surface area (Å²) in [4.78, 5) is 12.6. The monoisotopic (exact) mass is 316 g/mol. The third-order valence-corrected chi connectivity index (χ3v) is 4.12. The van der Waals surface area contributed by atoms with E-state index in [0.29, 0.717) is 18.8 Å². The molecule has 0 spiro atoms. The van der Waals surface area contributed by atoms with Crippen molar-refractivity contribution in [2.75, 3.05) is 13.1 Å². The van der Waals surface area contributed by atoms with E-state index < -0.39 is 24.2 Å². The van der Waals surface area contributed by atoms with Crippen LogP contribution in [0.3, 0.4) is 0 Å². The molecule has 0 saturated carbocycles. The highest BCUT2D eigenvalue weighted by Gasteiger charge is 2.42. The third-order valence-electron chi connectivity index (χ3n) is 4.12. The van der Waals surface area contributed by atoms with Gasteiger partial charge in [-0.3, -0.25) is 9.69 Å². The van der Waals surface area contributed by atoms with Crippen molar-refractivity contribution in [3.8, 4) is 0 Å².